The Kier molecular flexibility index (Phi) is 4.24. The summed E-state index contributed by atoms with van der Waals surface area (Å²) in [4.78, 5) is 14.3. The van der Waals surface area contributed by atoms with Crippen LogP contribution in [0.2, 0.25) is 0 Å². The van der Waals surface area contributed by atoms with Crippen LogP contribution >= 0.6 is 0 Å². The molecular weight excluding hydrogens is 238 g/mol. The largest absolute Gasteiger partial charge is 0.384 e. The summed E-state index contributed by atoms with van der Waals surface area (Å²) in [5, 5.41) is 8.63. The normalized spacial score (nSPS) is 21.9. The lowest BCUT2D eigenvalue weighted by Gasteiger charge is -2.21. The van der Waals surface area contributed by atoms with E-state index in [0.717, 1.165) is 18.5 Å². The topological polar surface area (TPSA) is 40.5 Å². The lowest BCUT2D eigenvalue weighted by Crippen LogP contribution is -2.33. The van der Waals surface area contributed by atoms with Crippen LogP contribution in [0.5, 0.6) is 0 Å². The van der Waals surface area contributed by atoms with Crippen molar-refractivity contribution in [2.24, 2.45) is 5.92 Å². The van der Waals surface area contributed by atoms with Crippen LogP contribution in [0, 0.1) is 17.8 Å². The third-order valence-electron chi connectivity index (χ3n) is 3.49. The molecule has 3 nitrogen and oxygen atoms in total. The van der Waals surface area contributed by atoms with Crippen molar-refractivity contribution in [3.05, 3.63) is 35.4 Å². The van der Waals surface area contributed by atoms with E-state index in [1.807, 2.05) is 17.0 Å². The van der Waals surface area contributed by atoms with Gasteiger partial charge in [-0.15, -0.1) is 0 Å². The predicted octanol–water partition coefficient (Wildman–Crippen LogP) is 1.90. The number of hydrogen-bond donors (Lipinski definition) is 1. The van der Waals surface area contributed by atoms with E-state index in [1.165, 1.54) is 0 Å². The Morgan fingerprint density at radius 2 is 2.05 bits per heavy atom. The average molecular weight is 257 g/mol. The molecule has 2 atom stereocenters. The molecule has 1 fully saturated rings. The second kappa shape index (κ2) is 5.90. The molecule has 100 valence electrons. The molecule has 1 heterocycles. The maximum atomic E-state index is 12.4. The number of carbonyl (C=O) groups excluding carboxylic acids is 1. The molecule has 0 aliphatic carbocycles. The highest BCUT2D eigenvalue weighted by molar-refractivity contribution is 5.94. The van der Waals surface area contributed by atoms with Crippen molar-refractivity contribution in [1.29, 1.82) is 0 Å². The number of nitrogens with zero attached hydrogens (tertiary/aromatic N) is 1. The smallest absolute Gasteiger partial charge is 0.254 e. The van der Waals surface area contributed by atoms with Gasteiger partial charge in [0.05, 0.1) is 0 Å². The molecule has 0 radical (unpaired) electrons. The highest BCUT2D eigenvalue weighted by Gasteiger charge is 2.30. The van der Waals surface area contributed by atoms with E-state index in [0.29, 0.717) is 17.5 Å². The number of hydrogen-bond acceptors (Lipinski definition) is 2. The summed E-state index contributed by atoms with van der Waals surface area (Å²) >= 11 is 0. The number of aliphatic hydroxyl groups excluding tert-OH is 1. The summed E-state index contributed by atoms with van der Waals surface area (Å²) in [6, 6.07) is 7.57. The first-order chi connectivity index (χ1) is 9.11. The van der Waals surface area contributed by atoms with E-state index in [4.69, 9.17) is 5.11 Å². The van der Waals surface area contributed by atoms with Gasteiger partial charge in [-0.25, -0.2) is 0 Å². The second-order valence-electron chi connectivity index (χ2n) is 5.18. The predicted molar refractivity (Wildman–Crippen MR) is 74.7 cm³/mol. The summed E-state index contributed by atoms with van der Waals surface area (Å²) in [5.41, 5.74) is 1.52. The Bertz CT molecular complexity index is 510. The molecule has 2 unspecified atom stereocenters. The van der Waals surface area contributed by atoms with E-state index in [2.05, 4.69) is 25.7 Å². The number of amides is 1. The van der Waals surface area contributed by atoms with Crippen molar-refractivity contribution in [3.63, 3.8) is 0 Å². The van der Waals surface area contributed by atoms with E-state index in [1.54, 1.807) is 12.1 Å². The first-order valence-corrected chi connectivity index (χ1v) is 6.62. The van der Waals surface area contributed by atoms with Crippen LogP contribution in [0.3, 0.4) is 0 Å². The molecule has 19 heavy (non-hydrogen) atoms. The van der Waals surface area contributed by atoms with Gasteiger partial charge in [-0.2, -0.15) is 0 Å². The van der Waals surface area contributed by atoms with Gasteiger partial charge in [-0.05, 0) is 43.5 Å². The fourth-order valence-corrected chi connectivity index (χ4v) is 2.59. The summed E-state index contributed by atoms with van der Waals surface area (Å²) in [6.45, 7) is 4.97. The molecule has 1 N–H and O–H groups in total. The molecule has 0 saturated carbocycles. The molecule has 1 aromatic carbocycles. The Morgan fingerprint density at radius 1 is 1.37 bits per heavy atom. The van der Waals surface area contributed by atoms with Gasteiger partial charge in [0.2, 0.25) is 0 Å². The SMILES string of the molecule is CC1CC(C)N(C(=O)c2ccc(C#CCO)cc2)C1. The van der Waals surface area contributed by atoms with E-state index >= 15 is 0 Å². The van der Waals surface area contributed by atoms with E-state index in [9.17, 15) is 4.79 Å². The van der Waals surface area contributed by atoms with Gasteiger partial charge in [-0.3, -0.25) is 4.79 Å². The number of aliphatic hydroxyl groups is 1. The Balaban J connectivity index is 2.12. The molecule has 1 aliphatic rings. The van der Waals surface area contributed by atoms with Crippen LogP contribution in [0.4, 0.5) is 0 Å². The standard InChI is InChI=1S/C16H19NO2/c1-12-10-13(2)17(11-12)16(19)15-7-5-14(6-8-15)4-3-9-18/h5-8,12-13,18H,9-11H2,1-2H3. The van der Waals surface area contributed by atoms with Gasteiger partial charge in [0.1, 0.15) is 6.61 Å². The zero-order valence-electron chi connectivity index (χ0n) is 11.4. The summed E-state index contributed by atoms with van der Waals surface area (Å²) in [7, 11) is 0. The minimum absolute atomic E-state index is 0.0958. The summed E-state index contributed by atoms with van der Waals surface area (Å²) < 4.78 is 0. The van der Waals surface area contributed by atoms with Crippen LogP contribution < -0.4 is 0 Å². The third kappa shape index (κ3) is 3.15. The van der Waals surface area contributed by atoms with E-state index < -0.39 is 0 Å². The molecule has 1 saturated heterocycles. The molecule has 0 bridgehead atoms. The number of benzene rings is 1. The first kappa shape index (κ1) is 13.6. The fourth-order valence-electron chi connectivity index (χ4n) is 2.59. The molecule has 2 rings (SSSR count). The lowest BCUT2D eigenvalue weighted by molar-refractivity contribution is 0.0744. The van der Waals surface area contributed by atoms with Crippen molar-refractivity contribution in [2.75, 3.05) is 13.2 Å². The highest BCUT2D eigenvalue weighted by Crippen LogP contribution is 2.24. The minimum atomic E-state index is -0.149. The monoisotopic (exact) mass is 257 g/mol. The Hall–Kier alpha value is -1.79. The number of carbonyl (C=O) groups is 1. The van der Waals surface area contributed by atoms with Crippen LogP contribution in [0.1, 0.15) is 36.2 Å². The zero-order valence-corrected chi connectivity index (χ0v) is 11.4. The highest BCUT2D eigenvalue weighted by atomic mass is 16.2. The number of rotatable bonds is 1. The van der Waals surface area contributed by atoms with E-state index in [-0.39, 0.29) is 12.5 Å². The molecule has 0 spiro atoms. The Labute approximate surface area is 114 Å². The van der Waals surface area contributed by atoms with Crippen LogP contribution in [-0.2, 0) is 0 Å². The lowest BCUT2D eigenvalue weighted by atomic mass is 10.1. The van der Waals surface area contributed by atoms with Gasteiger partial charge in [0.15, 0.2) is 0 Å². The van der Waals surface area contributed by atoms with Crippen molar-refractivity contribution in [3.8, 4) is 11.8 Å². The first-order valence-electron chi connectivity index (χ1n) is 6.62. The van der Waals surface area contributed by atoms with Gasteiger partial charge < -0.3 is 10.0 Å². The molecular formula is C16H19NO2. The van der Waals surface area contributed by atoms with Crippen LogP contribution in [0.15, 0.2) is 24.3 Å². The summed E-state index contributed by atoms with van der Waals surface area (Å²) in [5.74, 6) is 6.09. The second-order valence-corrected chi connectivity index (χ2v) is 5.18. The third-order valence-corrected chi connectivity index (χ3v) is 3.49. The van der Waals surface area contributed by atoms with Crippen molar-refractivity contribution >= 4 is 5.91 Å². The molecule has 1 amide bonds. The van der Waals surface area contributed by atoms with Crippen LogP contribution in [0.25, 0.3) is 0 Å². The maximum Gasteiger partial charge on any atom is 0.254 e. The van der Waals surface area contributed by atoms with Gasteiger partial charge >= 0.3 is 0 Å². The average Bonchev–Trinajstić information content (AvgIpc) is 2.75. The Morgan fingerprint density at radius 3 is 2.58 bits per heavy atom. The van der Waals surface area contributed by atoms with Crippen molar-refractivity contribution < 1.29 is 9.90 Å². The van der Waals surface area contributed by atoms with Gasteiger partial charge in [0, 0.05) is 23.7 Å². The minimum Gasteiger partial charge on any atom is -0.384 e. The molecule has 3 heteroatoms. The van der Waals surface area contributed by atoms with Gasteiger partial charge in [-0.1, -0.05) is 18.8 Å². The quantitative estimate of drug-likeness (QED) is 0.781. The van der Waals surface area contributed by atoms with Crippen molar-refractivity contribution in [2.45, 2.75) is 26.3 Å². The number of likely N-dealkylation sites (tertiary alicyclic amines) is 1. The van der Waals surface area contributed by atoms with Crippen LogP contribution in [-0.4, -0.2) is 35.1 Å². The van der Waals surface area contributed by atoms with Gasteiger partial charge in [0.25, 0.3) is 5.91 Å². The molecule has 0 aromatic heterocycles. The van der Waals surface area contributed by atoms with Crippen molar-refractivity contribution in [1.82, 2.24) is 4.90 Å². The maximum absolute atomic E-state index is 12.4. The molecule has 1 aromatic rings. The zero-order chi connectivity index (χ0) is 13.8. The summed E-state index contributed by atoms with van der Waals surface area (Å²) in [6.07, 6.45) is 1.08. The fraction of sp³-hybridized carbons (Fsp3) is 0.438. The molecule has 1 aliphatic heterocycles.